The summed E-state index contributed by atoms with van der Waals surface area (Å²) in [6.07, 6.45) is 1.96. The van der Waals surface area contributed by atoms with Crippen molar-refractivity contribution in [1.29, 1.82) is 0 Å². The molecule has 0 saturated carbocycles. The molecule has 2 saturated heterocycles. The van der Waals surface area contributed by atoms with Crippen LogP contribution in [0.25, 0.3) is 0 Å². The largest absolute Gasteiger partial charge is 0.444 e. The number of imide groups is 1. The van der Waals surface area contributed by atoms with E-state index in [1.54, 1.807) is 9.80 Å². The second-order valence-electron chi connectivity index (χ2n) is 9.53. The van der Waals surface area contributed by atoms with Crippen LogP contribution in [0.4, 0.5) is 9.59 Å². The molecule has 1 aromatic rings. The molecule has 0 bridgehead atoms. The number of hydrogen-bond acceptors (Lipinski definition) is 4. The highest BCUT2D eigenvalue weighted by atomic mass is 16.6. The second-order valence-corrected chi connectivity index (χ2v) is 9.53. The Morgan fingerprint density at radius 1 is 1.10 bits per heavy atom. The number of rotatable bonds is 2. The van der Waals surface area contributed by atoms with E-state index in [4.69, 9.17) is 4.74 Å². The zero-order valence-corrected chi connectivity index (χ0v) is 18.3. The number of likely N-dealkylation sites (N-methyl/N-ethyl adjacent to an activating group) is 1. The lowest BCUT2D eigenvalue weighted by Crippen LogP contribution is -2.57. The molecule has 2 heterocycles. The van der Waals surface area contributed by atoms with Gasteiger partial charge in [0.25, 0.3) is 5.91 Å². The van der Waals surface area contributed by atoms with Crippen molar-refractivity contribution < 1.29 is 19.1 Å². The van der Waals surface area contributed by atoms with Crippen molar-refractivity contribution in [2.45, 2.75) is 70.6 Å². The Kier molecular flexibility index (Phi) is 5.03. The van der Waals surface area contributed by atoms with Gasteiger partial charge in [0.15, 0.2) is 0 Å². The molecule has 1 aromatic carbocycles. The van der Waals surface area contributed by atoms with Gasteiger partial charge in [-0.2, -0.15) is 0 Å². The Bertz CT molecular complexity index is 842. The van der Waals surface area contributed by atoms with Crippen molar-refractivity contribution in [1.82, 2.24) is 14.7 Å². The molecule has 4 amide bonds. The summed E-state index contributed by atoms with van der Waals surface area (Å²) in [6.45, 7) is 8.73. The van der Waals surface area contributed by atoms with Gasteiger partial charge in [-0.3, -0.25) is 9.69 Å². The van der Waals surface area contributed by atoms with Crippen LogP contribution in [0.3, 0.4) is 0 Å². The molecule has 2 fully saturated rings. The summed E-state index contributed by atoms with van der Waals surface area (Å²) in [6, 6.07) is 7.84. The Hall–Kier alpha value is -2.57. The third-order valence-corrected chi connectivity index (χ3v) is 6.52. The van der Waals surface area contributed by atoms with E-state index in [9.17, 15) is 14.4 Å². The lowest BCUT2D eigenvalue weighted by molar-refractivity contribution is -0.136. The molecule has 7 heteroatoms. The summed E-state index contributed by atoms with van der Waals surface area (Å²) in [5.41, 5.74) is 1.02. The average Bonchev–Trinajstić information content (AvgIpc) is 3.18. The minimum Gasteiger partial charge on any atom is -0.444 e. The van der Waals surface area contributed by atoms with E-state index in [0.29, 0.717) is 45.3 Å². The smallest absolute Gasteiger partial charge is 0.410 e. The fraction of sp³-hybridized carbons (Fsp3) is 0.609. The van der Waals surface area contributed by atoms with Gasteiger partial charge in [0, 0.05) is 25.7 Å². The molecule has 0 radical (unpaired) electrons. The highest BCUT2D eigenvalue weighted by Gasteiger charge is 2.59. The molecule has 30 heavy (non-hydrogen) atoms. The van der Waals surface area contributed by atoms with E-state index >= 15 is 0 Å². The monoisotopic (exact) mass is 413 g/mol. The van der Waals surface area contributed by atoms with Gasteiger partial charge in [0.1, 0.15) is 11.1 Å². The van der Waals surface area contributed by atoms with E-state index in [0.717, 1.165) is 0 Å². The number of carbonyl (C=O) groups excluding carboxylic acids is 3. The summed E-state index contributed by atoms with van der Waals surface area (Å²) in [7, 11) is 0. The summed E-state index contributed by atoms with van der Waals surface area (Å²) in [4.78, 5) is 44.2. The summed E-state index contributed by atoms with van der Waals surface area (Å²) >= 11 is 0. The van der Waals surface area contributed by atoms with Crippen LogP contribution < -0.4 is 0 Å². The third kappa shape index (κ3) is 3.34. The number of hydrogen-bond donors (Lipinski definition) is 0. The Labute approximate surface area is 177 Å². The normalized spacial score (nSPS) is 21.5. The molecule has 2 aliphatic heterocycles. The number of likely N-dealkylation sites (tertiary alicyclic amines) is 1. The number of urea groups is 1. The van der Waals surface area contributed by atoms with Crippen molar-refractivity contribution in [2.75, 3.05) is 19.6 Å². The third-order valence-electron chi connectivity index (χ3n) is 6.52. The first-order chi connectivity index (χ1) is 14.2. The van der Waals surface area contributed by atoms with Gasteiger partial charge in [-0.15, -0.1) is 0 Å². The minimum absolute atomic E-state index is 0.101. The molecular formula is C23H31N3O4. The molecule has 1 aliphatic carbocycles. The van der Waals surface area contributed by atoms with Crippen LogP contribution in [0.15, 0.2) is 24.3 Å². The lowest BCUT2D eigenvalue weighted by atomic mass is 9.85. The number of ether oxygens (including phenoxy) is 1. The maximum Gasteiger partial charge on any atom is 0.410 e. The summed E-state index contributed by atoms with van der Waals surface area (Å²) in [5, 5.41) is 0. The number of amides is 4. The van der Waals surface area contributed by atoms with Gasteiger partial charge in [-0.05, 0) is 64.5 Å². The number of nitrogens with zero attached hydrogens (tertiary/aromatic N) is 3. The van der Waals surface area contributed by atoms with Gasteiger partial charge >= 0.3 is 12.1 Å². The molecule has 0 aromatic heterocycles. The number of fused-ring (bicyclic) bond motifs is 1. The predicted molar refractivity (Wildman–Crippen MR) is 112 cm³/mol. The van der Waals surface area contributed by atoms with E-state index in [2.05, 4.69) is 12.1 Å². The quantitative estimate of drug-likeness (QED) is 0.698. The van der Waals surface area contributed by atoms with E-state index in [1.807, 2.05) is 39.8 Å². The van der Waals surface area contributed by atoms with Crippen molar-refractivity contribution in [3.63, 3.8) is 0 Å². The van der Waals surface area contributed by atoms with Crippen molar-refractivity contribution >= 4 is 18.0 Å². The molecule has 0 atom stereocenters. The molecule has 3 aliphatic rings. The van der Waals surface area contributed by atoms with Crippen molar-refractivity contribution in [3.8, 4) is 0 Å². The van der Waals surface area contributed by atoms with Gasteiger partial charge in [-0.1, -0.05) is 24.3 Å². The van der Waals surface area contributed by atoms with Gasteiger partial charge in [0.2, 0.25) is 0 Å². The first-order valence-corrected chi connectivity index (χ1v) is 10.9. The first kappa shape index (κ1) is 20.7. The van der Waals surface area contributed by atoms with Crippen LogP contribution in [0, 0.1) is 0 Å². The molecule has 0 unspecified atom stereocenters. The van der Waals surface area contributed by atoms with Crippen molar-refractivity contribution in [3.05, 3.63) is 35.4 Å². The highest BCUT2D eigenvalue weighted by Crippen LogP contribution is 2.40. The zero-order valence-electron chi connectivity index (χ0n) is 18.3. The maximum atomic E-state index is 13.6. The fourth-order valence-electron chi connectivity index (χ4n) is 5.09. The zero-order chi connectivity index (χ0) is 21.7. The van der Waals surface area contributed by atoms with Crippen molar-refractivity contribution in [2.24, 2.45) is 0 Å². The van der Waals surface area contributed by atoms with Crippen LogP contribution in [0.5, 0.6) is 0 Å². The Morgan fingerprint density at radius 2 is 1.67 bits per heavy atom. The van der Waals surface area contributed by atoms with Crippen LogP contribution in [-0.4, -0.2) is 69.5 Å². The fourth-order valence-corrected chi connectivity index (χ4v) is 5.09. The topological polar surface area (TPSA) is 70.2 Å². The molecule has 162 valence electrons. The average molecular weight is 414 g/mol. The van der Waals surface area contributed by atoms with Crippen LogP contribution in [0.1, 0.15) is 51.7 Å². The van der Waals surface area contributed by atoms with E-state index in [1.165, 1.54) is 16.0 Å². The number of benzene rings is 1. The second kappa shape index (κ2) is 7.29. The van der Waals surface area contributed by atoms with Crippen LogP contribution in [0.2, 0.25) is 0 Å². The summed E-state index contributed by atoms with van der Waals surface area (Å²) in [5.74, 6) is -0.101. The molecule has 0 N–H and O–H groups in total. The molecular weight excluding hydrogens is 382 g/mol. The lowest BCUT2D eigenvalue weighted by Gasteiger charge is -2.42. The SMILES string of the molecule is CCN1C(=O)N(C2Cc3ccccc3C2)C(=O)C12CCN(C(=O)OC(C)(C)C)CC2. The van der Waals surface area contributed by atoms with Crippen LogP contribution in [-0.2, 0) is 22.4 Å². The number of piperidine rings is 1. The van der Waals surface area contributed by atoms with Crippen LogP contribution >= 0.6 is 0 Å². The van der Waals surface area contributed by atoms with Gasteiger partial charge < -0.3 is 14.5 Å². The summed E-state index contributed by atoms with van der Waals surface area (Å²) < 4.78 is 5.48. The molecule has 7 nitrogen and oxygen atoms in total. The molecule has 4 rings (SSSR count). The van der Waals surface area contributed by atoms with Gasteiger partial charge in [-0.25, -0.2) is 9.59 Å². The number of carbonyl (C=O) groups is 3. The molecule has 1 spiro atoms. The predicted octanol–water partition coefficient (Wildman–Crippen LogP) is 3.21. The van der Waals surface area contributed by atoms with E-state index < -0.39 is 11.1 Å². The maximum absolute atomic E-state index is 13.6. The highest BCUT2D eigenvalue weighted by molar-refractivity contribution is 6.07. The Morgan fingerprint density at radius 3 is 2.17 bits per heavy atom. The first-order valence-electron chi connectivity index (χ1n) is 10.9. The van der Waals surface area contributed by atoms with Gasteiger partial charge in [0.05, 0.1) is 0 Å². The minimum atomic E-state index is -0.848. The standard InChI is InChI=1S/C23H31N3O4/c1-5-25-20(28)26(18-14-16-8-6-7-9-17(16)15-18)19(27)23(25)10-12-24(13-11-23)21(29)30-22(2,3)4/h6-9,18H,5,10-15H2,1-4H3. The Balaban J connectivity index is 1.51. The van der Waals surface area contributed by atoms with E-state index in [-0.39, 0.29) is 24.1 Å².